The van der Waals surface area contributed by atoms with Crippen molar-refractivity contribution >= 4 is 21.9 Å². The van der Waals surface area contributed by atoms with Gasteiger partial charge in [0.05, 0.1) is 6.20 Å². The van der Waals surface area contributed by atoms with E-state index < -0.39 is 0 Å². The highest BCUT2D eigenvalue weighted by atomic mass is 79.9. The van der Waals surface area contributed by atoms with Crippen LogP contribution < -0.4 is 5.32 Å². The van der Waals surface area contributed by atoms with Gasteiger partial charge in [-0.15, -0.1) is 0 Å². The Hall–Kier alpha value is -1.89. The molecule has 1 saturated heterocycles. The topological polar surface area (TPSA) is 45.5 Å². The molecule has 3 rings (SSSR count). The third kappa shape index (κ3) is 3.77. The van der Waals surface area contributed by atoms with Crippen LogP contribution in [0.15, 0.2) is 40.1 Å². The molecule has 1 N–H and O–H groups in total. The zero-order valence-electron chi connectivity index (χ0n) is 13.8. The number of guanidine groups is 1. The lowest BCUT2D eigenvalue weighted by atomic mass is 10.0. The van der Waals surface area contributed by atoms with Crippen molar-refractivity contribution < 1.29 is 4.39 Å². The molecular weight excluding hydrogens is 373 g/mol. The van der Waals surface area contributed by atoms with E-state index in [4.69, 9.17) is 0 Å². The van der Waals surface area contributed by atoms with E-state index in [1.54, 1.807) is 19.2 Å². The number of nitrogens with zero attached hydrogens (tertiary/aromatic N) is 4. The van der Waals surface area contributed by atoms with Gasteiger partial charge in [-0.05, 0) is 30.2 Å². The third-order valence-corrected chi connectivity index (χ3v) is 4.83. The lowest BCUT2D eigenvalue weighted by Gasteiger charge is -2.21. The molecule has 1 aliphatic heterocycles. The molecule has 1 fully saturated rings. The van der Waals surface area contributed by atoms with E-state index in [-0.39, 0.29) is 5.82 Å². The van der Waals surface area contributed by atoms with Gasteiger partial charge in [0, 0.05) is 55.9 Å². The minimum atomic E-state index is -0.212. The van der Waals surface area contributed by atoms with Crippen molar-refractivity contribution in [2.24, 2.45) is 12.0 Å². The standard InChI is InChI=1S/C17H21BrFN5/c1-20-17(21-8-13-7-15(18)3-4-16(13)19)24-6-5-12(11-24)14-9-22-23(2)10-14/h3-4,7,9-10,12H,5-6,8,11H2,1-2H3,(H,20,21). The van der Waals surface area contributed by atoms with E-state index in [2.05, 4.69) is 42.4 Å². The molecule has 2 heterocycles. The molecule has 1 aromatic heterocycles. The molecule has 2 aromatic rings. The average Bonchev–Trinajstić information content (AvgIpc) is 3.20. The lowest BCUT2D eigenvalue weighted by molar-refractivity contribution is 0.484. The maximum Gasteiger partial charge on any atom is 0.193 e. The summed E-state index contributed by atoms with van der Waals surface area (Å²) in [5, 5.41) is 7.52. The van der Waals surface area contributed by atoms with Gasteiger partial charge in [-0.3, -0.25) is 9.67 Å². The van der Waals surface area contributed by atoms with Crippen LogP contribution in [0, 0.1) is 5.82 Å². The van der Waals surface area contributed by atoms with Gasteiger partial charge >= 0.3 is 0 Å². The molecular formula is C17H21BrFN5. The lowest BCUT2D eigenvalue weighted by Crippen LogP contribution is -2.39. The van der Waals surface area contributed by atoms with Crippen LogP contribution in [-0.4, -0.2) is 40.8 Å². The Labute approximate surface area is 149 Å². The van der Waals surface area contributed by atoms with Gasteiger partial charge in [-0.25, -0.2) is 4.39 Å². The molecule has 0 spiro atoms. The summed E-state index contributed by atoms with van der Waals surface area (Å²) in [5.74, 6) is 1.05. The summed E-state index contributed by atoms with van der Waals surface area (Å²) in [4.78, 5) is 6.56. The fourth-order valence-electron chi connectivity index (χ4n) is 3.06. The van der Waals surface area contributed by atoms with Crippen LogP contribution in [0.2, 0.25) is 0 Å². The van der Waals surface area contributed by atoms with Gasteiger partial charge in [0.1, 0.15) is 5.82 Å². The Bertz CT molecular complexity index is 742. The van der Waals surface area contributed by atoms with Crippen LogP contribution in [-0.2, 0) is 13.6 Å². The number of nitrogens with one attached hydrogen (secondary N) is 1. The first-order valence-electron chi connectivity index (χ1n) is 7.95. The number of likely N-dealkylation sites (tertiary alicyclic amines) is 1. The van der Waals surface area contributed by atoms with Crippen molar-refractivity contribution in [3.63, 3.8) is 0 Å². The molecule has 0 aliphatic carbocycles. The normalized spacial score (nSPS) is 18.2. The molecule has 1 unspecified atom stereocenters. The summed E-state index contributed by atoms with van der Waals surface area (Å²) in [6.07, 6.45) is 5.07. The van der Waals surface area contributed by atoms with Crippen LogP contribution in [0.4, 0.5) is 4.39 Å². The molecule has 0 radical (unpaired) electrons. The molecule has 0 saturated carbocycles. The van der Waals surface area contributed by atoms with Crippen LogP contribution in [0.1, 0.15) is 23.5 Å². The Morgan fingerprint density at radius 2 is 2.33 bits per heavy atom. The third-order valence-electron chi connectivity index (χ3n) is 4.34. The SMILES string of the molecule is CN=C(NCc1cc(Br)ccc1F)N1CCC(c2cnn(C)c2)C1. The molecule has 0 amide bonds. The summed E-state index contributed by atoms with van der Waals surface area (Å²) in [6.45, 7) is 2.23. The predicted molar refractivity (Wildman–Crippen MR) is 96.4 cm³/mol. The van der Waals surface area contributed by atoms with Crippen molar-refractivity contribution in [2.45, 2.75) is 18.9 Å². The zero-order chi connectivity index (χ0) is 17.1. The molecule has 128 valence electrons. The molecule has 0 bridgehead atoms. The monoisotopic (exact) mass is 393 g/mol. The van der Waals surface area contributed by atoms with E-state index in [1.807, 2.05) is 17.9 Å². The van der Waals surface area contributed by atoms with Crippen molar-refractivity contribution in [3.8, 4) is 0 Å². The van der Waals surface area contributed by atoms with Crippen molar-refractivity contribution in [1.29, 1.82) is 0 Å². The number of hydrogen-bond acceptors (Lipinski definition) is 2. The van der Waals surface area contributed by atoms with Gasteiger partial charge in [-0.2, -0.15) is 5.10 Å². The maximum absolute atomic E-state index is 13.9. The summed E-state index contributed by atoms with van der Waals surface area (Å²) in [5.41, 5.74) is 1.88. The Kier molecular flexibility index (Phi) is 5.18. The summed E-state index contributed by atoms with van der Waals surface area (Å²) in [7, 11) is 3.69. The summed E-state index contributed by atoms with van der Waals surface area (Å²) in [6, 6.07) is 4.96. The Balaban J connectivity index is 1.62. The highest BCUT2D eigenvalue weighted by Crippen LogP contribution is 2.26. The average molecular weight is 394 g/mol. The number of aryl methyl sites for hydroxylation is 1. The maximum atomic E-state index is 13.9. The first-order chi connectivity index (χ1) is 11.6. The van der Waals surface area contributed by atoms with Crippen molar-refractivity contribution in [1.82, 2.24) is 20.0 Å². The summed E-state index contributed by atoms with van der Waals surface area (Å²) < 4.78 is 16.6. The fraction of sp³-hybridized carbons (Fsp3) is 0.412. The molecule has 24 heavy (non-hydrogen) atoms. The highest BCUT2D eigenvalue weighted by Gasteiger charge is 2.26. The number of rotatable bonds is 3. The van der Waals surface area contributed by atoms with E-state index in [0.717, 1.165) is 29.9 Å². The van der Waals surface area contributed by atoms with Gasteiger partial charge < -0.3 is 10.2 Å². The minimum Gasteiger partial charge on any atom is -0.352 e. The number of halogens is 2. The van der Waals surface area contributed by atoms with Gasteiger partial charge in [0.15, 0.2) is 5.96 Å². The van der Waals surface area contributed by atoms with E-state index in [0.29, 0.717) is 18.0 Å². The summed E-state index contributed by atoms with van der Waals surface area (Å²) >= 11 is 3.38. The second-order valence-corrected chi connectivity index (χ2v) is 6.93. The predicted octanol–water partition coefficient (Wildman–Crippen LogP) is 2.89. The van der Waals surface area contributed by atoms with E-state index >= 15 is 0 Å². The minimum absolute atomic E-state index is 0.212. The second-order valence-electron chi connectivity index (χ2n) is 6.02. The number of benzene rings is 1. The van der Waals surface area contributed by atoms with Gasteiger partial charge in [0.2, 0.25) is 0 Å². The van der Waals surface area contributed by atoms with E-state index in [9.17, 15) is 4.39 Å². The van der Waals surface area contributed by atoms with Crippen LogP contribution in [0.25, 0.3) is 0 Å². The van der Waals surface area contributed by atoms with E-state index in [1.165, 1.54) is 11.6 Å². The smallest absolute Gasteiger partial charge is 0.193 e. The van der Waals surface area contributed by atoms with Gasteiger partial charge in [-0.1, -0.05) is 15.9 Å². The first kappa shape index (κ1) is 17.0. The second kappa shape index (κ2) is 7.34. The van der Waals surface area contributed by atoms with Crippen LogP contribution in [0.5, 0.6) is 0 Å². The quantitative estimate of drug-likeness (QED) is 0.643. The molecule has 7 heteroatoms. The fourth-order valence-corrected chi connectivity index (χ4v) is 3.47. The number of aromatic nitrogens is 2. The largest absolute Gasteiger partial charge is 0.352 e. The highest BCUT2D eigenvalue weighted by molar-refractivity contribution is 9.10. The molecule has 1 aromatic carbocycles. The van der Waals surface area contributed by atoms with Crippen LogP contribution in [0.3, 0.4) is 0 Å². The Morgan fingerprint density at radius 1 is 1.50 bits per heavy atom. The molecule has 5 nitrogen and oxygen atoms in total. The Morgan fingerprint density at radius 3 is 3.04 bits per heavy atom. The number of aliphatic imine (C=N–C) groups is 1. The van der Waals surface area contributed by atoms with Crippen LogP contribution >= 0.6 is 15.9 Å². The first-order valence-corrected chi connectivity index (χ1v) is 8.74. The number of hydrogen-bond donors (Lipinski definition) is 1. The molecule has 1 atom stereocenters. The van der Waals surface area contributed by atoms with Gasteiger partial charge in [0.25, 0.3) is 0 Å². The van der Waals surface area contributed by atoms with Crippen molar-refractivity contribution in [3.05, 3.63) is 52.0 Å². The molecule has 1 aliphatic rings. The van der Waals surface area contributed by atoms with Crippen molar-refractivity contribution in [2.75, 3.05) is 20.1 Å². The zero-order valence-corrected chi connectivity index (χ0v) is 15.4.